The first-order valence-corrected chi connectivity index (χ1v) is 6.44. The van der Waals surface area contributed by atoms with Crippen molar-refractivity contribution in [2.45, 2.75) is 51.0 Å². The molecule has 1 amide bonds. The van der Waals surface area contributed by atoms with Gasteiger partial charge in [0.1, 0.15) is 17.6 Å². The van der Waals surface area contributed by atoms with E-state index in [1.165, 1.54) is 6.26 Å². The van der Waals surface area contributed by atoms with E-state index in [2.05, 4.69) is 11.4 Å². The highest BCUT2D eigenvalue weighted by Gasteiger charge is 2.33. The van der Waals surface area contributed by atoms with E-state index in [-0.39, 0.29) is 5.91 Å². The molecule has 1 aliphatic carbocycles. The normalized spacial score (nSPS) is 18.7. The minimum absolute atomic E-state index is 0.213. The number of rotatable bonds is 2. The molecule has 0 radical (unpaired) electrons. The average Bonchev–Trinajstić information content (AvgIpc) is 2.66. The molecule has 0 aromatic carbocycles. The zero-order chi connectivity index (χ0) is 13.0. The van der Waals surface area contributed by atoms with Crippen molar-refractivity contribution in [3.05, 3.63) is 23.7 Å². The van der Waals surface area contributed by atoms with Crippen LogP contribution in [0.3, 0.4) is 0 Å². The van der Waals surface area contributed by atoms with E-state index in [1.54, 1.807) is 13.0 Å². The quantitative estimate of drug-likeness (QED) is 0.816. The summed E-state index contributed by atoms with van der Waals surface area (Å²) < 4.78 is 5.12. The molecule has 1 N–H and O–H groups in total. The van der Waals surface area contributed by atoms with Gasteiger partial charge >= 0.3 is 0 Å². The van der Waals surface area contributed by atoms with Gasteiger partial charge in [0.05, 0.1) is 11.6 Å². The molecule has 18 heavy (non-hydrogen) atoms. The fourth-order valence-electron chi connectivity index (χ4n) is 2.45. The molecule has 0 atom stereocenters. The molecule has 96 valence electrons. The Balaban J connectivity index is 2.10. The molecule has 0 aliphatic heterocycles. The van der Waals surface area contributed by atoms with Crippen molar-refractivity contribution in [2.24, 2.45) is 0 Å². The molecule has 0 spiro atoms. The summed E-state index contributed by atoms with van der Waals surface area (Å²) in [5, 5.41) is 12.3. The van der Waals surface area contributed by atoms with Crippen LogP contribution in [0.15, 0.2) is 16.7 Å². The summed E-state index contributed by atoms with van der Waals surface area (Å²) in [6.45, 7) is 1.79. The molecule has 1 heterocycles. The van der Waals surface area contributed by atoms with E-state index < -0.39 is 5.54 Å². The van der Waals surface area contributed by atoms with Crippen LogP contribution < -0.4 is 5.32 Å². The Kier molecular flexibility index (Phi) is 3.71. The van der Waals surface area contributed by atoms with Crippen molar-refractivity contribution in [3.63, 3.8) is 0 Å². The Morgan fingerprint density at radius 3 is 2.56 bits per heavy atom. The fourth-order valence-corrected chi connectivity index (χ4v) is 2.45. The molecular formula is C14H18N2O2. The van der Waals surface area contributed by atoms with Crippen LogP contribution in [0, 0.1) is 18.3 Å². The SMILES string of the molecule is Cc1cc(C(=O)NC2(C#N)CCCCCC2)co1. The second-order valence-corrected chi connectivity index (χ2v) is 5.01. The first-order chi connectivity index (χ1) is 8.65. The van der Waals surface area contributed by atoms with E-state index in [0.29, 0.717) is 11.3 Å². The molecule has 0 saturated heterocycles. The van der Waals surface area contributed by atoms with Crippen LogP contribution >= 0.6 is 0 Å². The van der Waals surface area contributed by atoms with Crippen molar-refractivity contribution in [1.29, 1.82) is 5.26 Å². The number of hydrogen-bond donors (Lipinski definition) is 1. The molecule has 4 heteroatoms. The van der Waals surface area contributed by atoms with Gasteiger partial charge in [0, 0.05) is 0 Å². The third kappa shape index (κ3) is 2.73. The number of amides is 1. The van der Waals surface area contributed by atoms with Gasteiger partial charge in [-0.3, -0.25) is 4.79 Å². The maximum absolute atomic E-state index is 12.1. The van der Waals surface area contributed by atoms with Crippen LogP contribution in [-0.4, -0.2) is 11.4 Å². The van der Waals surface area contributed by atoms with Gasteiger partial charge < -0.3 is 9.73 Å². The topological polar surface area (TPSA) is 66.0 Å². The third-order valence-corrected chi connectivity index (χ3v) is 3.52. The number of nitrogens with zero attached hydrogens (tertiary/aromatic N) is 1. The van der Waals surface area contributed by atoms with Gasteiger partial charge in [-0.1, -0.05) is 25.7 Å². The minimum Gasteiger partial charge on any atom is -0.469 e. The molecule has 1 fully saturated rings. The second-order valence-electron chi connectivity index (χ2n) is 5.01. The lowest BCUT2D eigenvalue weighted by Gasteiger charge is -2.25. The number of nitriles is 1. The van der Waals surface area contributed by atoms with Crippen molar-refractivity contribution in [3.8, 4) is 6.07 Å². The highest BCUT2D eigenvalue weighted by molar-refractivity contribution is 5.94. The maximum Gasteiger partial charge on any atom is 0.255 e. The van der Waals surface area contributed by atoms with Gasteiger partial charge in [0.2, 0.25) is 0 Å². The van der Waals surface area contributed by atoms with E-state index in [0.717, 1.165) is 38.5 Å². The summed E-state index contributed by atoms with van der Waals surface area (Å²) in [4.78, 5) is 12.1. The number of hydrogen-bond acceptors (Lipinski definition) is 3. The molecule has 1 aromatic rings. The Hall–Kier alpha value is -1.76. The summed E-state index contributed by atoms with van der Waals surface area (Å²) >= 11 is 0. The van der Waals surface area contributed by atoms with Gasteiger partial charge in [-0.25, -0.2) is 0 Å². The number of carbonyl (C=O) groups excluding carboxylic acids is 1. The van der Waals surface area contributed by atoms with Gasteiger partial charge in [0.15, 0.2) is 0 Å². The van der Waals surface area contributed by atoms with Crippen LogP contribution in [0.1, 0.15) is 54.6 Å². The first-order valence-electron chi connectivity index (χ1n) is 6.44. The van der Waals surface area contributed by atoms with E-state index in [4.69, 9.17) is 4.42 Å². The lowest BCUT2D eigenvalue weighted by atomic mass is 9.91. The highest BCUT2D eigenvalue weighted by atomic mass is 16.3. The van der Waals surface area contributed by atoms with Crippen LogP contribution in [0.4, 0.5) is 0 Å². The van der Waals surface area contributed by atoms with Crippen LogP contribution in [0.2, 0.25) is 0 Å². The summed E-state index contributed by atoms with van der Waals surface area (Å²) in [6.07, 6.45) is 7.20. The second kappa shape index (κ2) is 5.26. The van der Waals surface area contributed by atoms with E-state index >= 15 is 0 Å². The third-order valence-electron chi connectivity index (χ3n) is 3.52. The Morgan fingerprint density at radius 1 is 1.39 bits per heavy atom. The smallest absolute Gasteiger partial charge is 0.255 e. The van der Waals surface area contributed by atoms with Crippen molar-refractivity contribution >= 4 is 5.91 Å². The highest BCUT2D eigenvalue weighted by Crippen LogP contribution is 2.27. The van der Waals surface area contributed by atoms with Crippen molar-refractivity contribution < 1.29 is 9.21 Å². The molecule has 1 aromatic heterocycles. The summed E-state index contributed by atoms with van der Waals surface area (Å²) in [5.41, 5.74) is -0.204. The van der Waals surface area contributed by atoms with Crippen LogP contribution in [0.25, 0.3) is 0 Å². The number of carbonyl (C=O) groups is 1. The fraction of sp³-hybridized carbons (Fsp3) is 0.571. The number of aryl methyl sites for hydroxylation is 1. The summed E-state index contributed by atoms with van der Waals surface area (Å²) in [5.74, 6) is 0.488. The Bertz CT molecular complexity index is 462. The molecule has 4 nitrogen and oxygen atoms in total. The van der Waals surface area contributed by atoms with Gasteiger partial charge in [-0.05, 0) is 25.8 Å². The number of furan rings is 1. The van der Waals surface area contributed by atoms with Gasteiger partial charge in [-0.2, -0.15) is 5.26 Å². The van der Waals surface area contributed by atoms with Crippen LogP contribution in [-0.2, 0) is 0 Å². The molecule has 0 bridgehead atoms. The Labute approximate surface area is 107 Å². The molecule has 1 aliphatic rings. The van der Waals surface area contributed by atoms with E-state index in [9.17, 15) is 10.1 Å². The molecule has 2 rings (SSSR count). The summed E-state index contributed by atoms with van der Waals surface area (Å²) in [7, 11) is 0. The van der Waals surface area contributed by atoms with Crippen LogP contribution in [0.5, 0.6) is 0 Å². The van der Waals surface area contributed by atoms with E-state index in [1.807, 2.05) is 0 Å². The minimum atomic E-state index is -0.696. The zero-order valence-electron chi connectivity index (χ0n) is 10.7. The first kappa shape index (κ1) is 12.7. The predicted molar refractivity (Wildman–Crippen MR) is 67.0 cm³/mol. The largest absolute Gasteiger partial charge is 0.469 e. The van der Waals surface area contributed by atoms with Crippen molar-refractivity contribution in [2.75, 3.05) is 0 Å². The Morgan fingerprint density at radius 2 is 2.06 bits per heavy atom. The predicted octanol–water partition coefficient (Wildman–Crippen LogP) is 2.93. The average molecular weight is 246 g/mol. The standard InChI is InChI=1S/C14H18N2O2/c1-11-8-12(9-18-11)13(17)16-14(10-15)6-4-2-3-5-7-14/h8-9H,2-7H2,1H3,(H,16,17). The maximum atomic E-state index is 12.1. The summed E-state index contributed by atoms with van der Waals surface area (Å²) in [6, 6.07) is 3.99. The lowest BCUT2D eigenvalue weighted by Crippen LogP contribution is -2.46. The molecular weight excluding hydrogens is 228 g/mol. The molecule has 1 saturated carbocycles. The van der Waals surface area contributed by atoms with Gasteiger partial charge in [0.25, 0.3) is 5.91 Å². The lowest BCUT2D eigenvalue weighted by molar-refractivity contribution is 0.0912. The van der Waals surface area contributed by atoms with Crippen molar-refractivity contribution in [1.82, 2.24) is 5.32 Å². The zero-order valence-corrected chi connectivity index (χ0v) is 10.7. The molecule has 0 unspecified atom stereocenters. The van der Waals surface area contributed by atoms with Gasteiger partial charge in [-0.15, -0.1) is 0 Å². The monoisotopic (exact) mass is 246 g/mol. The number of nitrogens with one attached hydrogen (secondary N) is 1.